The van der Waals surface area contributed by atoms with Crippen molar-refractivity contribution in [3.63, 3.8) is 0 Å². The van der Waals surface area contributed by atoms with E-state index in [0.717, 1.165) is 22.5 Å². The van der Waals surface area contributed by atoms with Crippen LogP contribution < -0.4 is 5.32 Å². The van der Waals surface area contributed by atoms with E-state index in [4.69, 9.17) is 0 Å². The maximum Gasteiger partial charge on any atom is 0.275 e. The summed E-state index contributed by atoms with van der Waals surface area (Å²) in [6, 6.07) is 9.92. The number of hydrogen-bond donors (Lipinski definition) is 1. The topological polar surface area (TPSA) is 59.8 Å². The van der Waals surface area contributed by atoms with Crippen LogP contribution in [0.3, 0.4) is 0 Å². The summed E-state index contributed by atoms with van der Waals surface area (Å²) >= 11 is 1.42. The molecular formula is C19H22N4OS. The van der Waals surface area contributed by atoms with Crippen LogP contribution in [0, 0.1) is 6.92 Å². The molecule has 0 atom stereocenters. The first-order valence-electron chi connectivity index (χ1n) is 8.13. The second-order valence-corrected chi connectivity index (χ2v) is 7.95. The number of amides is 1. The van der Waals surface area contributed by atoms with E-state index in [1.807, 2.05) is 29.6 Å². The van der Waals surface area contributed by atoms with Crippen LogP contribution in [-0.2, 0) is 12.5 Å². The predicted octanol–water partition coefficient (Wildman–Crippen LogP) is 4.40. The molecule has 0 aliphatic carbocycles. The lowest BCUT2D eigenvalue weighted by molar-refractivity contribution is 0.101. The minimum atomic E-state index is -0.198. The monoisotopic (exact) mass is 354 g/mol. The lowest BCUT2D eigenvalue weighted by Gasteiger charge is -2.13. The third-order valence-electron chi connectivity index (χ3n) is 4.03. The van der Waals surface area contributed by atoms with Crippen LogP contribution in [0.15, 0.2) is 35.7 Å². The van der Waals surface area contributed by atoms with Crippen LogP contribution in [-0.4, -0.2) is 20.7 Å². The summed E-state index contributed by atoms with van der Waals surface area (Å²) < 4.78 is 1.62. The minimum absolute atomic E-state index is 0.102. The standard InChI is InChI=1S/C19H22N4OS/c1-12-8-6-7-9-13(12)14-11-25-18(20-14)21-17(24)15-10-16(19(2,3)4)22-23(15)5/h6-11H,1-5H3,(H,20,21,24). The molecule has 0 aliphatic heterocycles. The molecule has 3 rings (SSSR count). The van der Waals surface area contributed by atoms with Gasteiger partial charge < -0.3 is 0 Å². The summed E-state index contributed by atoms with van der Waals surface area (Å²) in [6.07, 6.45) is 0. The van der Waals surface area contributed by atoms with Crippen molar-refractivity contribution in [2.45, 2.75) is 33.1 Å². The Balaban J connectivity index is 1.81. The van der Waals surface area contributed by atoms with E-state index in [1.54, 1.807) is 11.7 Å². The van der Waals surface area contributed by atoms with Crippen LogP contribution >= 0.6 is 11.3 Å². The number of rotatable bonds is 3. The second-order valence-electron chi connectivity index (χ2n) is 7.10. The van der Waals surface area contributed by atoms with Gasteiger partial charge in [0.2, 0.25) is 0 Å². The molecule has 25 heavy (non-hydrogen) atoms. The Bertz CT molecular complexity index is 918. The lowest BCUT2D eigenvalue weighted by Crippen LogP contribution is -2.15. The van der Waals surface area contributed by atoms with E-state index in [-0.39, 0.29) is 11.3 Å². The van der Waals surface area contributed by atoms with Gasteiger partial charge in [-0.2, -0.15) is 5.10 Å². The SMILES string of the molecule is Cc1ccccc1-c1csc(NC(=O)c2cc(C(C)(C)C)nn2C)n1. The second kappa shape index (κ2) is 6.44. The van der Waals surface area contributed by atoms with Crippen molar-refractivity contribution in [3.8, 4) is 11.3 Å². The predicted molar refractivity (Wildman–Crippen MR) is 102 cm³/mol. The summed E-state index contributed by atoms with van der Waals surface area (Å²) in [7, 11) is 1.78. The molecule has 2 heterocycles. The fraction of sp³-hybridized carbons (Fsp3) is 0.316. The minimum Gasteiger partial charge on any atom is -0.296 e. The van der Waals surface area contributed by atoms with Gasteiger partial charge in [-0.15, -0.1) is 11.3 Å². The fourth-order valence-corrected chi connectivity index (χ4v) is 3.23. The van der Waals surface area contributed by atoms with Crippen molar-refractivity contribution in [2.24, 2.45) is 7.05 Å². The Kier molecular flexibility index (Phi) is 4.47. The molecule has 0 radical (unpaired) electrons. The van der Waals surface area contributed by atoms with Gasteiger partial charge in [0.05, 0.1) is 11.4 Å². The van der Waals surface area contributed by atoms with Crippen LogP contribution in [0.1, 0.15) is 42.5 Å². The molecular weight excluding hydrogens is 332 g/mol. The first-order valence-corrected chi connectivity index (χ1v) is 9.01. The normalized spacial score (nSPS) is 11.6. The maximum absolute atomic E-state index is 12.6. The Morgan fingerprint density at radius 2 is 1.96 bits per heavy atom. The van der Waals surface area contributed by atoms with Crippen molar-refractivity contribution < 1.29 is 4.79 Å². The molecule has 130 valence electrons. The third-order valence-corrected chi connectivity index (χ3v) is 4.78. The zero-order valence-corrected chi connectivity index (χ0v) is 15.9. The van der Waals surface area contributed by atoms with Gasteiger partial charge in [0, 0.05) is 23.4 Å². The van der Waals surface area contributed by atoms with E-state index < -0.39 is 0 Å². The summed E-state index contributed by atoms with van der Waals surface area (Å²) in [6.45, 7) is 8.28. The van der Waals surface area contributed by atoms with Crippen LogP contribution in [0.25, 0.3) is 11.3 Å². The highest BCUT2D eigenvalue weighted by Gasteiger charge is 2.22. The zero-order chi connectivity index (χ0) is 18.2. The highest BCUT2D eigenvalue weighted by atomic mass is 32.1. The number of carbonyl (C=O) groups is 1. The molecule has 2 aromatic heterocycles. The van der Waals surface area contributed by atoms with Gasteiger partial charge in [-0.05, 0) is 18.6 Å². The van der Waals surface area contributed by atoms with E-state index in [2.05, 4.69) is 49.2 Å². The summed E-state index contributed by atoms with van der Waals surface area (Å²) in [5.74, 6) is -0.198. The Labute approximate surface area is 151 Å². The van der Waals surface area contributed by atoms with Crippen LogP contribution in [0.4, 0.5) is 5.13 Å². The average molecular weight is 354 g/mol. The van der Waals surface area contributed by atoms with Gasteiger partial charge in [-0.3, -0.25) is 14.8 Å². The van der Waals surface area contributed by atoms with Crippen molar-refractivity contribution >= 4 is 22.4 Å². The molecule has 0 spiro atoms. The first-order chi connectivity index (χ1) is 11.8. The number of benzene rings is 1. The largest absolute Gasteiger partial charge is 0.296 e. The average Bonchev–Trinajstić information content (AvgIpc) is 3.14. The van der Waals surface area contributed by atoms with Gasteiger partial charge in [0.15, 0.2) is 5.13 Å². The number of nitrogens with zero attached hydrogens (tertiary/aromatic N) is 3. The Morgan fingerprint density at radius 3 is 2.60 bits per heavy atom. The molecule has 0 fully saturated rings. The van der Waals surface area contributed by atoms with Gasteiger partial charge >= 0.3 is 0 Å². The molecule has 0 aliphatic rings. The van der Waals surface area contributed by atoms with Crippen LogP contribution in [0.2, 0.25) is 0 Å². The van der Waals surface area contributed by atoms with E-state index >= 15 is 0 Å². The number of aryl methyl sites for hydroxylation is 2. The summed E-state index contributed by atoms with van der Waals surface area (Å²) in [5, 5.41) is 9.87. The summed E-state index contributed by atoms with van der Waals surface area (Å²) in [4.78, 5) is 17.1. The number of aromatic nitrogens is 3. The lowest BCUT2D eigenvalue weighted by atomic mass is 9.92. The fourth-order valence-electron chi connectivity index (χ4n) is 2.52. The molecule has 0 saturated carbocycles. The van der Waals surface area contributed by atoms with Crippen molar-refractivity contribution in [3.05, 3.63) is 52.7 Å². The summed E-state index contributed by atoms with van der Waals surface area (Å²) in [5.41, 5.74) is 4.42. The molecule has 0 unspecified atom stereocenters. The van der Waals surface area contributed by atoms with E-state index in [0.29, 0.717) is 10.8 Å². The molecule has 6 heteroatoms. The number of nitrogens with one attached hydrogen (secondary N) is 1. The van der Waals surface area contributed by atoms with Crippen molar-refractivity contribution in [1.29, 1.82) is 0 Å². The number of hydrogen-bond acceptors (Lipinski definition) is 4. The van der Waals surface area contributed by atoms with Gasteiger partial charge in [-0.1, -0.05) is 45.0 Å². The zero-order valence-electron chi connectivity index (χ0n) is 15.1. The third kappa shape index (κ3) is 3.64. The number of carbonyl (C=O) groups excluding carboxylic acids is 1. The van der Waals surface area contributed by atoms with Gasteiger partial charge in [0.1, 0.15) is 5.69 Å². The molecule has 1 amide bonds. The maximum atomic E-state index is 12.6. The van der Waals surface area contributed by atoms with E-state index in [1.165, 1.54) is 11.3 Å². The Morgan fingerprint density at radius 1 is 1.24 bits per heavy atom. The van der Waals surface area contributed by atoms with Crippen LogP contribution in [0.5, 0.6) is 0 Å². The quantitative estimate of drug-likeness (QED) is 0.758. The molecule has 1 N–H and O–H groups in total. The molecule has 0 saturated heterocycles. The molecule has 1 aromatic carbocycles. The number of thiazole rings is 1. The molecule has 5 nitrogen and oxygen atoms in total. The number of anilines is 1. The highest BCUT2D eigenvalue weighted by molar-refractivity contribution is 7.14. The Hall–Kier alpha value is -2.47. The molecule has 0 bridgehead atoms. The smallest absolute Gasteiger partial charge is 0.275 e. The van der Waals surface area contributed by atoms with E-state index in [9.17, 15) is 4.79 Å². The molecule has 3 aromatic rings. The van der Waals surface area contributed by atoms with Gasteiger partial charge in [0.25, 0.3) is 5.91 Å². The first kappa shape index (κ1) is 17.4. The van der Waals surface area contributed by atoms with Crippen molar-refractivity contribution in [2.75, 3.05) is 5.32 Å². The van der Waals surface area contributed by atoms with Crippen molar-refractivity contribution in [1.82, 2.24) is 14.8 Å². The van der Waals surface area contributed by atoms with Gasteiger partial charge in [-0.25, -0.2) is 4.98 Å². The highest BCUT2D eigenvalue weighted by Crippen LogP contribution is 2.28.